The summed E-state index contributed by atoms with van der Waals surface area (Å²) in [7, 11) is 0.433. The maximum absolute atomic E-state index is 6.71. The Labute approximate surface area is 30.1 Å². The zero-order valence-electron chi connectivity index (χ0n) is 3.91. The fraction of sp³-hybridized carbons (Fsp3) is 1.00. The van der Waals surface area contributed by atoms with Crippen molar-refractivity contribution in [1.82, 2.24) is 0 Å². The minimum Gasteiger partial charge on any atom is -0.424 e. The fourth-order valence-electron chi connectivity index (χ4n) is 0. The molecule has 0 aromatic carbocycles. The van der Waals surface area contributed by atoms with Crippen LogP contribution in [0.4, 0.5) is 0 Å². The van der Waals surface area contributed by atoms with E-state index in [9.17, 15) is 0 Å². The van der Waals surface area contributed by atoms with E-state index in [1.807, 2.05) is 0 Å². The number of rotatable bonds is 1. The molecule has 0 fully saturated rings. The van der Waals surface area contributed by atoms with Gasteiger partial charge in [0.15, 0.2) is 9.70 Å². The van der Waals surface area contributed by atoms with E-state index in [0.717, 1.165) is 0 Å². The Balaban J connectivity index is 2.54. The lowest BCUT2D eigenvalue weighted by molar-refractivity contribution is 0.446. The Morgan fingerprint density at radius 3 is 2.50 bits per heavy atom. The molecule has 0 amide bonds. The van der Waals surface area contributed by atoms with Crippen molar-refractivity contribution in [3.63, 3.8) is 0 Å². The summed E-state index contributed by atoms with van der Waals surface area (Å²) in [5, 5.41) is 0. The molecule has 0 spiro atoms. The smallest absolute Gasteiger partial charge is 0.189 e. The normalized spacial score (nSPS) is 12.2. The molecule has 4 heavy (non-hydrogen) atoms. The van der Waals surface area contributed by atoms with Crippen LogP contribution in [0.1, 0.15) is 0 Å². The molecule has 0 atom stereocenters. The monoisotopic (exact) mass is 76.0 g/mol. The summed E-state index contributed by atoms with van der Waals surface area (Å²) >= 11 is 0. The highest BCUT2D eigenvalue weighted by atomic mass is 28.2. The summed E-state index contributed by atoms with van der Waals surface area (Å²) in [6, 6.07) is 0. The van der Waals surface area contributed by atoms with Crippen molar-refractivity contribution < 1.29 is 4.43 Å². The molecule has 0 bridgehead atoms. The quantitative estimate of drug-likeness (QED) is 0.400. The van der Waals surface area contributed by atoms with Gasteiger partial charge in [-0.25, -0.2) is 0 Å². The fourth-order valence-corrected chi connectivity index (χ4v) is 0. The van der Waals surface area contributed by atoms with E-state index in [1.165, 1.54) is 0 Å². The Morgan fingerprint density at radius 2 is 2.50 bits per heavy atom. The van der Waals surface area contributed by atoms with E-state index < -0.39 is 9.70 Å². The van der Waals surface area contributed by atoms with Gasteiger partial charge in [0.1, 0.15) is 0 Å². The Kier molecular flexibility index (Phi) is 1.92. The first kappa shape index (κ1) is 2.42. The lowest BCUT2D eigenvalue weighted by atomic mass is 11.8. The molecule has 25 valence electrons. The molecule has 0 aliphatic carbocycles. The van der Waals surface area contributed by atoms with Crippen molar-refractivity contribution >= 4 is 9.70 Å². The van der Waals surface area contributed by atoms with Gasteiger partial charge in [0.05, 0.1) is 0 Å². The predicted octanol–water partition coefficient (Wildman–Crippen LogP) is 0.0324. The molecule has 0 aromatic heterocycles. The van der Waals surface area contributed by atoms with E-state index >= 15 is 0 Å². The first-order chi connectivity index (χ1) is 2.27. The van der Waals surface area contributed by atoms with Gasteiger partial charge in [-0.15, -0.1) is 0 Å². The first-order valence-corrected chi connectivity index (χ1v) is 2.52. The minimum atomic E-state index is -1.12. The second-order valence-electron chi connectivity index (χ2n) is 0.408. The lowest BCUT2D eigenvalue weighted by Gasteiger charge is -1.74. The molecular weight excluding hydrogens is 68.1 g/mol. The van der Waals surface area contributed by atoms with E-state index in [4.69, 9.17) is 1.23 Å². The Hall–Kier alpha value is 0.177. The van der Waals surface area contributed by atoms with Gasteiger partial charge in [-0.1, -0.05) is 0 Å². The Morgan fingerprint density at radius 1 is 2.25 bits per heavy atom. The molecule has 0 unspecified atom stereocenters. The average Bonchev–Trinajstić information content (AvgIpc) is 1.38. The molecule has 0 N–H and O–H groups in total. The summed E-state index contributed by atoms with van der Waals surface area (Å²) in [4.78, 5) is 0. The topological polar surface area (TPSA) is 9.23 Å². The third-order valence-electron chi connectivity index (χ3n) is 0.204. The van der Waals surface area contributed by atoms with Crippen LogP contribution in [0.25, 0.3) is 0 Å². The van der Waals surface area contributed by atoms with Crippen LogP contribution in [0.15, 0.2) is 0 Å². The average molecular weight is 76.2 g/mol. The molecule has 0 aliphatic heterocycles. The molecule has 0 aromatic rings. The van der Waals surface area contributed by atoms with Crippen LogP contribution in [0.5, 0.6) is 0 Å². The maximum Gasteiger partial charge on any atom is 0.189 e. The summed E-state index contributed by atoms with van der Waals surface area (Å²) in [6.45, 7) is 1.77. The minimum absolute atomic E-state index is 1.12. The molecule has 0 heterocycles. The number of hydrogen-bond acceptors (Lipinski definition) is 1. The van der Waals surface area contributed by atoms with Crippen LogP contribution >= 0.6 is 0 Å². The molecule has 1 nitrogen and oxygen atoms in total. The SMILES string of the molecule is [2H][Si](C)OC. The standard InChI is InChI=1S/C2H7OSi/c1-3-4-2/h4H,1-2H3/i4D. The van der Waals surface area contributed by atoms with Gasteiger partial charge in [0.2, 0.25) is 0 Å². The van der Waals surface area contributed by atoms with E-state index in [2.05, 4.69) is 4.43 Å². The van der Waals surface area contributed by atoms with Crippen molar-refractivity contribution in [1.29, 1.82) is 1.23 Å². The highest BCUT2D eigenvalue weighted by Crippen LogP contribution is 1.47. The predicted molar refractivity (Wildman–Crippen MR) is 20.0 cm³/mol. The van der Waals surface area contributed by atoms with Gasteiger partial charge in [0.25, 0.3) is 0 Å². The summed E-state index contributed by atoms with van der Waals surface area (Å²) in [5.74, 6) is 0. The zero-order valence-corrected chi connectivity index (χ0v) is 3.91. The molecule has 0 rings (SSSR count). The largest absolute Gasteiger partial charge is 0.424 e. The van der Waals surface area contributed by atoms with Crippen LogP contribution in [0, 0.1) is 0 Å². The van der Waals surface area contributed by atoms with Crippen LogP contribution in [-0.4, -0.2) is 18.0 Å². The van der Waals surface area contributed by atoms with Crippen molar-refractivity contribution in [2.45, 2.75) is 6.55 Å². The third-order valence-corrected chi connectivity index (χ3v) is 0.612. The molecule has 2 heteroatoms. The molecule has 0 saturated carbocycles. The highest BCUT2D eigenvalue weighted by molar-refractivity contribution is 6.24. The van der Waals surface area contributed by atoms with E-state index in [0.29, 0.717) is 0 Å². The van der Waals surface area contributed by atoms with Crippen molar-refractivity contribution in [3.05, 3.63) is 0 Å². The van der Waals surface area contributed by atoms with E-state index in [1.54, 1.807) is 13.7 Å². The van der Waals surface area contributed by atoms with Crippen molar-refractivity contribution in [2.24, 2.45) is 0 Å². The second kappa shape index (κ2) is 3.18. The van der Waals surface area contributed by atoms with Gasteiger partial charge in [-0.3, -0.25) is 0 Å². The molecule has 1 radical (unpaired) electrons. The highest BCUT2D eigenvalue weighted by Gasteiger charge is 1.56. The van der Waals surface area contributed by atoms with E-state index in [-0.39, 0.29) is 0 Å². The second-order valence-corrected chi connectivity index (χ2v) is 1.22. The van der Waals surface area contributed by atoms with Gasteiger partial charge in [0, 0.05) is 8.34 Å². The molecular formula is C2H7OSi. The summed E-state index contributed by atoms with van der Waals surface area (Å²) in [6.07, 6.45) is 0. The van der Waals surface area contributed by atoms with Gasteiger partial charge in [-0.2, -0.15) is 0 Å². The van der Waals surface area contributed by atoms with Crippen LogP contribution < -0.4 is 0 Å². The van der Waals surface area contributed by atoms with Gasteiger partial charge >= 0.3 is 0 Å². The van der Waals surface area contributed by atoms with Gasteiger partial charge < -0.3 is 4.43 Å². The first-order valence-electron chi connectivity index (χ1n) is 1.61. The van der Waals surface area contributed by atoms with Crippen LogP contribution in [-0.2, 0) is 4.43 Å². The Bertz CT molecular complexity index is 23.6. The van der Waals surface area contributed by atoms with Gasteiger partial charge in [-0.05, 0) is 6.55 Å². The maximum atomic E-state index is 6.71. The molecule has 0 aliphatic rings. The summed E-state index contributed by atoms with van der Waals surface area (Å²) in [5.41, 5.74) is 0. The molecule has 0 saturated heterocycles. The lowest BCUT2D eigenvalue weighted by Crippen LogP contribution is -1.79. The summed E-state index contributed by atoms with van der Waals surface area (Å²) < 4.78 is 11.2. The van der Waals surface area contributed by atoms with Crippen molar-refractivity contribution in [2.75, 3.05) is 7.11 Å². The van der Waals surface area contributed by atoms with Crippen LogP contribution in [0.3, 0.4) is 0 Å². The third kappa shape index (κ3) is 2.18. The van der Waals surface area contributed by atoms with Crippen LogP contribution in [0.2, 0.25) is 6.55 Å². The number of hydrogen-bond donors (Lipinski definition) is 0. The zero-order chi connectivity index (χ0) is 4.28. The van der Waals surface area contributed by atoms with Crippen molar-refractivity contribution in [3.8, 4) is 0 Å².